The number of aromatic nitrogens is 1. The van der Waals surface area contributed by atoms with Crippen molar-refractivity contribution in [2.24, 2.45) is 17.8 Å². The van der Waals surface area contributed by atoms with E-state index in [0.29, 0.717) is 29.1 Å². The van der Waals surface area contributed by atoms with E-state index in [1.807, 2.05) is 4.90 Å². The fourth-order valence-corrected chi connectivity index (χ4v) is 8.07. The smallest absolute Gasteiger partial charge is 0.417 e. The van der Waals surface area contributed by atoms with Gasteiger partial charge in [-0.15, -0.1) is 0 Å². The highest BCUT2D eigenvalue weighted by molar-refractivity contribution is 5.82. The lowest BCUT2D eigenvalue weighted by atomic mass is 9.53. The van der Waals surface area contributed by atoms with E-state index in [4.69, 9.17) is 4.42 Å². The van der Waals surface area contributed by atoms with Gasteiger partial charge in [0.1, 0.15) is 11.6 Å². The molecule has 194 valence electrons. The average molecular weight is 510 g/mol. The van der Waals surface area contributed by atoms with Crippen molar-refractivity contribution < 1.29 is 22.4 Å². The van der Waals surface area contributed by atoms with Crippen molar-refractivity contribution in [3.63, 3.8) is 0 Å². The number of carbonyl (C=O) groups excluding carboxylic acids is 1. The van der Waals surface area contributed by atoms with Gasteiger partial charge in [-0.05, 0) is 98.4 Å². The number of fused-ring (bicyclic) bond motifs is 1. The van der Waals surface area contributed by atoms with E-state index < -0.39 is 11.7 Å². The number of alkyl halides is 3. The molecule has 1 aromatic heterocycles. The van der Waals surface area contributed by atoms with Crippen LogP contribution in [0.4, 0.5) is 18.0 Å². The number of halogens is 3. The van der Waals surface area contributed by atoms with Crippen LogP contribution in [0.2, 0.25) is 0 Å². The fraction of sp³-hybridized carbons (Fsp3) is 0.517. The van der Waals surface area contributed by atoms with Crippen molar-refractivity contribution in [2.75, 3.05) is 6.54 Å². The van der Waals surface area contributed by atoms with Gasteiger partial charge in [-0.1, -0.05) is 24.3 Å². The number of hydrogen-bond donors (Lipinski definition) is 1. The summed E-state index contributed by atoms with van der Waals surface area (Å²) in [7, 11) is 0. The first kappa shape index (κ1) is 23.1. The predicted octanol–water partition coefficient (Wildman–Crippen LogP) is 7.33. The number of benzene rings is 2. The first-order valence-corrected chi connectivity index (χ1v) is 13.4. The Kier molecular flexibility index (Phi) is 5.14. The number of hydrogen-bond acceptors (Lipinski definition) is 3. The Morgan fingerprint density at radius 2 is 1.73 bits per heavy atom. The molecule has 8 heteroatoms. The third kappa shape index (κ3) is 3.99. The maximum Gasteiger partial charge on any atom is 0.417 e. The zero-order valence-electron chi connectivity index (χ0n) is 20.6. The van der Waals surface area contributed by atoms with Gasteiger partial charge in [-0.2, -0.15) is 13.2 Å². The van der Waals surface area contributed by atoms with Crippen molar-refractivity contribution in [2.45, 2.75) is 69.1 Å². The highest BCUT2D eigenvalue weighted by atomic mass is 19.4. The maximum absolute atomic E-state index is 13.6. The summed E-state index contributed by atoms with van der Waals surface area (Å²) in [6.45, 7) is 0.645. The Balaban J connectivity index is 1.14. The van der Waals surface area contributed by atoms with Crippen LogP contribution >= 0.6 is 0 Å². The molecule has 4 saturated carbocycles. The molecule has 0 spiro atoms. The standard InChI is InChI=1S/C29H30F3N3O2/c30-29(31,32)22-5-2-1-4-21(22)20-7-8-25-23(13-20)33-26(37-25)24-6-3-9-35(24)27(36)34-28-14-17-10-18(15-28)12-19(11-17)16-28/h1-2,4-5,7-8,13,17-19,24H,3,6,9-12,14-16H2,(H,34,36). The average Bonchev–Trinajstić information content (AvgIpc) is 3.49. The predicted molar refractivity (Wildman–Crippen MR) is 133 cm³/mol. The van der Waals surface area contributed by atoms with Gasteiger partial charge in [-0.25, -0.2) is 9.78 Å². The number of urea groups is 1. The highest BCUT2D eigenvalue weighted by Gasteiger charge is 2.52. The summed E-state index contributed by atoms with van der Waals surface area (Å²) in [5.74, 6) is 2.69. The van der Waals surface area contributed by atoms with E-state index in [1.54, 1.807) is 24.3 Å². The van der Waals surface area contributed by atoms with E-state index in [2.05, 4.69) is 10.3 Å². The summed E-state index contributed by atoms with van der Waals surface area (Å²) in [5.41, 5.74) is 0.805. The van der Waals surface area contributed by atoms with E-state index in [-0.39, 0.29) is 23.2 Å². The first-order valence-electron chi connectivity index (χ1n) is 13.4. The first-order chi connectivity index (χ1) is 17.8. The summed E-state index contributed by atoms with van der Waals surface area (Å²) >= 11 is 0. The van der Waals surface area contributed by atoms with Crippen molar-refractivity contribution in [3.8, 4) is 11.1 Å². The minimum absolute atomic E-state index is 0.0356. The van der Waals surface area contributed by atoms with Gasteiger partial charge in [0, 0.05) is 12.1 Å². The van der Waals surface area contributed by atoms with E-state index in [1.165, 1.54) is 31.4 Å². The molecule has 5 aliphatic rings. The lowest BCUT2D eigenvalue weighted by molar-refractivity contribution is -0.137. The third-order valence-electron chi connectivity index (χ3n) is 9.16. The van der Waals surface area contributed by atoms with E-state index >= 15 is 0 Å². The van der Waals surface area contributed by atoms with Crippen LogP contribution in [-0.4, -0.2) is 28.0 Å². The largest absolute Gasteiger partial charge is 0.438 e. The molecule has 2 aromatic carbocycles. The maximum atomic E-state index is 13.6. The Labute approximate surface area is 213 Å². The van der Waals surface area contributed by atoms with Gasteiger partial charge in [0.05, 0.1) is 5.56 Å². The molecule has 0 radical (unpaired) electrons. The quantitative estimate of drug-likeness (QED) is 0.402. The number of carbonyl (C=O) groups is 1. The molecule has 5 nitrogen and oxygen atoms in total. The molecule has 2 amide bonds. The molecule has 1 aliphatic heterocycles. The lowest BCUT2D eigenvalue weighted by Crippen LogP contribution is -2.61. The van der Waals surface area contributed by atoms with Crippen LogP contribution < -0.4 is 5.32 Å². The molecule has 1 N–H and O–H groups in total. The zero-order valence-corrected chi connectivity index (χ0v) is 20.6. The van der Waals surface area contributed by atoms with Crippen LogP contribution in [0.15, 0.2) is 46.9 Å². The second-order valence-corrected chi connectivity index (χ2v) is 11.8. The van der Waals surface area contributed by atoms with Crippen LogP contribution in [0, 0.1) is 17.8 Å². The second kappa shape index (κ2) is 8.23. The molecular formula is C29H30F3N3O2. The van der Waals surface area contributed by atoms with Gasteiger partial charge in [0.25, 0.3) is 0 Å². The molecule has 3 aromatic rings. The number of nitrogens with one attached hydrogen (secondary N) is 1. The SMILES string of the molecule is O=C(NC12CC3CC(CC(C3)C1)C2)N1CCCC1c1nc2cc(-c3ccccc3C(F)(F)F)ccc2o1. The summed E-state index contributed by atoms with van der Waals surface area (Å²) in [4.78, 5) is 20.1. The van der Waals surface area contributed by atoms with Gasteiger partial charge >= 0.3 is 12.2 Å². The van der Waals surface area contributed by atoms with Crippen LogP contribution in [0.5, 0.6) is 0 Å². The summed E-state index contributed by atoms with van der Waals surface area (Å²) in [6.07, 6.45) is 4.40. The lowest BCUT2D eigenvalue weighted by Gasteiger charge is -2.57. The Hall–Kier alpha value is -3.03. The van der Waals surface area contributed by atoms with Crippen molar-refractivity contribution in [1.29, 1.82) is 0 Å². The molecule has 5 fully saturated rings. The van der Waals surface area contributed by atoms with Gasteiger partial charge in [0.2, 0.25) is 5.89 Å². The molecule has 8 rings (SSSR count). The summed E-state index contributed by atoms with van der Waals surface area (Å²) in [6, 6.07) is 10.2. The fourth-order valence-electron chi connectivity index (χ4n) is 8.07. The Bertz CT molecular complexity index is 1330. The number of rotatable bonds is 3. The molecule has 1 unspecified atom stereocenters. The monoisotopic (exact) mass is 509 g/mol. The highest BCUT2D eigenvalue weighted by Crippen LogP contribution is 2.55. The minimum Gasteiger partial charge on any atom is -0.438 e. The van der Waals surface area contributed by atoms with Crippen molar-refractivity contribution >= 4 is 17.1 Å². The molecule has 2 heterocycles. The molecular weight excluding hydrogens is 479 g/mol. The molecule has 1 atom stereocenters. The van der Waals surface area contributed by atoms with Gasteiger partial charge in [-0.3, -0.25) is 0 Å². The second-order valence-electron chi connectivity index (χ2n) is 11.8. The van der Waals surface area contributed by atoms with E-state index in [0.717, 1.165) is 55.9 Å². The van der Waals surface area contributed by atoms with Crippen LogP contribution in [-0.2, 0) is 6.18 Å². The Morgan fingerprint density at radius 3 is 2.43 bits per heavy atom. The molecule has 37 heavy (non-hydrogen) atoms. The van der Waals surface area contributed by atoms with Crippen molar-refractivity contribution in [1.82, 2.24) is 15.2 Å². The Morgan fingerprint density at radius 1 is 1.03 bits per heavy atom. The number of amides is 2. The topological polar surface area (TPSA) is 58.4 Å². The summed E-state index contributed by atoms with van der Waals surface area (Å²) < 4.78 is 46.8. The van der Waals surface area contributed by atoms with Crippen LogP contribution in [0.3, 0.4) is 0 Å². The zero-order chi connectivity index (χ0) is 25.4. The molecule has 1 saturated heterocycles. The van der Waals surface area contributed by atoms with Crippen molar-refractivity contribution in [3.05, 3.63) is 53.9 Å². The van der Waals surface area contributed by atoms with E-state index in [9.17, 15) is 18.0 Å². The van der Waals surface area contributed by atoms with Crippen LogP contribution in [0.25, 0.3) is 22.2 Å². The summed E-state index contributed by atoms with van der Waals surface area (Å²) in [5, 5.41) is 3.46. The molecule has 4 bridgehead atoms. The van der Waals surface area contributed by atoms with Gasteiger partial charge < -0.3 is 14.6 Å². The normalized spacial score (nSPS) is 30.8. The number of likely N-dealkylation sites (tertiary alicyclic amines) is 1. The number of oxazole rings is 1. The van der Waals surface area contributed by atoms with Crippen LogP contribution in [0.1, 0.15) is 68.9 Å². The minimum atomic E-state index is -4.45. The van der Waals surface area contributed by atoms with Gasteiger partial charge in [0.15, 0.2) is 5.58 Å². The molecule has 4 aliphatic carbocycles. The number of nitrogens with zero attached hydrogens (tertiary/aromatic N) is 2. The third-order valence-corrected chi connectivity index (χ3v) is 9.16.